The lowest BCUT2D eigenvalue weighted by Gasteiger charge is -2.13. The lowest BCUT2D eigenvalue weighted by atomic mass is 9.82. The zero-order valence-electron chi connectivity index (χ0n) is 12.1. The largest absolute Gasteiger partial charge is 0.457 e. The van der Waals surface area contributed by atoms with Gasteiger partial charge in [-0.25, -0.2) is 0 Å². The van der Waals surface area contributed by atoms with Crippen molar-refractivity contribution in [1.29, 1.82) is 0 Å². The number of hydrogen-bond donors (Lipinski definition) is 0. The molecule has 2 heterocycles. The Kier molecular flexibility index (Phi) is 5.58. The van der Waals surface area contributed by atoms with Crippen molar-refractivity contribution < 1.29 is 14.0 Å². The van der Waals surface area contributed by atoms with Crippen LogP contribution in [0.1, 0.15) is 52.4 Å². The third-order valence-corrected chi connectivity index (χ3v) is 4.09. The van der Waals surface area contributed by atoms with Gasteiger partial charge in [-0.3, -0.25) is 0 Å². The van der Waals surface area contributed by atoms with Gasteiger partial charge in [0, 0.05) is 0 Å². The molecule has 0 aromatic rings. The van der Waals surface area contributed by atoms with Gasteiger partial charge in [0.1, 0.15) is 7.85 Å². The standard InChI is InChI=1S/C13H26B2O3/c1-3-4-5-6-7-8-9-15-17-11-10(2)16-13(14)12(11)18-15/h10-13H,3-9,14H2,1-2H3. The van der Waals surface area contributed by atoms with Crippen molar-refractivity contribution >= 4 is 15.0 Å². The van der Waals surface area contributed by atoms with Crippen LogP contribution < -0.4 is 0 Å². The molecule has 5 heteroatoms. The summed E-state index contributed by atoms with van der Waals surface area (Å²) in [6, 6.07) is 0.180. The first-order valence-corrected chi connectivity index (χ1v) is 7.68. The summed E-state index contributed by atoms with van der Waals surface area (Å²) < 4.78 is 17.6. The molecule has 0 amide bonds. The molecule has 0 radical (unpaired) electrons. The fourth-order valence-electron chi connectivity index (χ4n) is 3.01. The maximum absolute atomic E-state index is 5.95. The van der Waals surface area contributed by atoms with E-state index in [4.69, 9.17) is 14.0 Å². The first kappa shape index (κ1) is 14.4. The normalized spacial score (nSPS) is 35.1. The summed E-state index contributed by atoms with van der Waals surface area (Å²) >= 11 is 0. The Hall–Kier alpha value is 0.00987. The molecule has 102 valence electrons. The summed E-state index contributed by atoms with van der Waals surface area (Å²) in [7, 11) is 2.09. The highest BCUT2D eigenvalue weighted by Gasteiger charge is 2.49. The summed E-state index contributed by atoms with van der Waals surface area (Å²) in [6.07, 6.45) is 9.46. The molecule has 2 aliphatic rings. The van der Waals surface area contributed by atoms with Crippen LogP contribution >= 0.6 is 0 Å². The van der Waals surface area contributed by atoms with E-state index in [1.165, 1.54) is 38.5 Å². The summed E-state index contributed by atoms with van der Waals surface area (Å²) in [5, 5.41) is 0. The van der Waals surface area contributed by atoms with Crippen LogP contribution in [0.25, 0.3) is 0 Å². The highest BCUT2D eigenvalue weighted by molar-refractivity contribution is 6.45. The molecule has 0 bridgehead atoms. The zero-order valence-corrected chi connectivity index (χ0v) is 12.1. The molecule has 0 saturated carbocycles. The van der Waals surface area contributed by atoms with Gasteiger partial charge >= 0.3 is 7.12 Å². The minimum absolute atomic E-state index is 0.0139. The molecule has 4 atom stereocenters. The average Bonchev–Trinajstić information content (AvgIpc) is 2.87. The fourth-order valence-corrected chi connectivity index (χ4v) is 3.01. The molecule has 0 aromatic carbocycles. The van der Waals surface area contributed by atoms with Gasteiger partial charge in [0.2, 0.25) is 0 Å². The molecule has 4 unspecified atom stereocenters. The summed E-state index contributed by atoms with van der Waals surface area (Å²) in [4.78, 5) is 0. The lowest BCUT2D eigenvalue weighted by molar-refractivity contribution is 0.0450. The molecule has 0 N–H and O–H groups in total. The first-order chi connectivity index (χ1) is 8.72. The highest BCUT2D eigenvalue weighted by Crippen LogP contribution is 2.32. The number of fused-ring (bicyclic) bond motifs is 1. The molecule has 2 rings (SSSR count). The van der Waals surface area contributed by atoms with Gasteiger partial charge in [0.15, 0.2) is 0 Å². The molecular weight excluding hydrogens is 226 g/mol. The molecule has 2 aliphatic heterocycles. The third-order valence-electron chi connectivity index (χ3n) is 4.09. The number of rotatable bonds is 7. The van der Waals surface area contributed by atoms with E-state index in [2.05, 4.69) is 21.7 Å². The monoisotopic (exact) mass is 252 g/mol. The van der Waals surface area contributed by atoms with Crippen LogP contribution in [0.3, 0.4) is 0 Å². The van der Waals surface area contributed by atoms with Crippen molar-refractivity contribution in [3.63, 3.8) is 0 Å². The van der Waals surface area contributed by atoms with Crippen molar-refractivity contribution in [3.8, 4) is 0 Å². The summed E-state index contributed by atoms with van der Waals surface area (Å²) in [5.74, 6) is 0. The van der Waals surface area contributed by atoms with E-state index < -0.39 is 0 Å². The first-order valence-electron chi connectivity index (χ1n) is 7.68. The van der Waals surface area contributed by atoms with Crippen LogP contribution in [0.4, 0.5) is 0 Å². The zero-order chi connectivity index (χ0) is 13.0. The van der Waals surface area contributed by atoms with Crippen molar-refractivity contribution in [2.75, 3.05) is 0 Å². The molecule has 0 aromatic heterocycles. The molecular formula is C13H26B2O3. The molecule has 0 spiro atoms. The Morgan fingerprint density at radius 3 is 2.39 bits per heavy atom. The van der Waals surface area contributed by atoms with E-state index in [9.17, 15) is 0 Å². The van der Waals surface area contributed by atoms with Gasteiger partial charge in [0.05, 0.1) is 24.3 Å². The van der Waals surface area contributed by atoms with E-state index in [0.717, 1.165) is 6.32 Å². The van der Waals surface area contributed by atoms with E-state index in [1.54, 1.807) is 0 Å². The second-order valence-electron chi connectivity index (χ2n) is 5.73. The van der Waals surface area contributed by atoms with Crippen LogP contribution in [0.5, 0.6) is 0 Å². The summed E-state index contributed by atoms with van der Waals surface area (Å²) in [5.41, 5.74) is 0. The predicted molar refractivity (Wildman–Crippen MR) is 76.6 cm³/mol. The maximum atomic E-state index is 5.95. The molecule has 18 heavy (non-hydrogen) atoms. The van der Waals surface area contributed by atoms with E-state index >= 15 is 0 Å². The molecule has 0 aliphatic carbocycles. The van der Waals surface area contributed by atoms with Crippen LogP contribution in [-0.2, 0) is 14.0 Å². The van der Waals surface area contributed by atoms with Crippen LogP contribution in [0.2, 0.25) is 6.32 Å². The average molecular weight is 252 g/mol. The Bertz CT molecular complexity index is 236. The third kappa shape index (κ3) is 3.52. The van der Waals surface area contributed by atoms with Crippen molar-refractivity contribution in [3.05, 3.63) is 0 Å². The van der Waals surface area contributed by atoms with Gasteiger partial charge in [-0.05, 0) is 13.2 Å². The minimum Gasteiger partial charge on any atom is -0.404 e. The maximum Gasteiger partial charge on any atom is 0.457 e. The second-order valence-corrected chi connectivity index (χ2v) is 5.73. The number of ether oxygens (including phenoxy) is 1. The Morgan fingerprint density at radius 1 is 1.00 bits per heavy atom. The second kappa shape index (κ2) is 6.97. The van der Waals surface area contributed by atoms with Gasteiger partial charge in [-0.1, -0.05) is 45.4 Å². The van der Waals surface area contributed by atoms with Crippen LogP contribution in [0.15, 0.2) is 0 Å². The Morgan fingerprint density at radius 2 is 1.67 bits per heavy atom. The van der Waals surface area contributed by atoms with Crippen molar-refractivity contribution in [1.82, 2.24) is 0 Å². The fraction of sp³-hybridized carbons (Fsp3) is 1.00. The predicted octanol–water partition coefficient (Wildman–Crippen LogP) is 2.00. The van der Waals surface area contributed by atoms with Gasteiger partial charge < -0.3 is 14.0 Å². The SMILES string of the molecule is BC1OC(C)C2OB(CCCCCCCC)OC12. The summed E-state index contributed by atoms with van der Waals surface area (Å²) in [6.45, 7) is 4.33. The molecule has 2 saturated heterocycles. The number of hydrogen-bond acceptors (Lipinski definition) is 3. The Balaban J connectivity index is 1.59. The van der Waals surface area contributed by atoms with E-state index in [-0.39, 0.29) is 31.4 Å². The van der Waals surface area contributed by atoms with Crippen LogP contribution in [0, 0.1) is 0 Å². The topological polar surface area (TPSA) is 27.7 Å². The lowest BCUT2D eigenvalue weighted by Crippen LogP contribution is -2.28. The smallest absolute Gasteiger partial charge is 0.404 e. The minimum atomic E-state index is 0.0139. The quantitative estimate of drug-likeness (QED) is 0.512. The van der Waals surface area contributed by atoms with E-state index in [1.807, 2.05) is 0 Å². The van der Waals surface area contributed by atoms with E-state index in [0.29, 0.717) is 0 Å². The number of unbranched alkanes of at least 4 members (excludes halogenated alkanes) is 5. The van der Waals surface area contributed by atoms with Gasteiger partial charge in [-0.2, -0.15) is 0 Å². The Labute approximate surface area is 112 Å². The molecule has 3 nitrogen and oxygen atoms in total. The highest BCUT2D eigenvalue weighted by atomic mass is 16.7. The van der Waals surface area contributed by atoms with Crippen molar-refractivity contribution in [2.45, 2.75) is 83.0 Å². The van der Waals surface area contributed by atoms with Gasteiger partial charge in [-0.15, -0.1) is 0 Å². The molecule has 2 fully saturated rings. The van der Waals surface area contributed by atoms with Crippen molar-refractivity contribution in [2.24, 2.45) is 0 Å². The van der Waals surface area contributed by atoms with Crippen LogP contribution in [-0.4, -0.2) is 39.3 Å². The van der Waals surface area contributed by atoms with Gasteiger partial charge in [0.25, 0.3) is 0 Å².